The van der Waals surface area contributed by atoms with Gasteiger partial charge in [-0.05, 0) is 41.2 Å². The van der Waals surface area contributed by atoms with E-state index in [1.54, 1.807) is 0 Å². The third-order valence-corrected chi connectivity index (χ3v) is 3.27. The van der Waals surface area contributed by atoms with Gasteiger partial charge < -0.3 is 0 Å². The summed E-state index contributed by atoms with van der Waals surface area (Å²) in [6.45, 7) is 6.43. The van der Waals surface area contributed by atoms with Gasteiger partial charge in [0.05, 0.1) is 0 Å². The fourth-order valence-electron chi connectivity index (χ4n) is 2.13. The molecule has 0 unspecified atom stereocenters. The van der Waals surface area contributed by atoms with Gasteiger partial charge in [0, 0.05) is 5.56 Å². The SMILES string of the molecule is Cc1cc(C=O)ccc1-c1ccc(C(C)C)cc1. The molecule has 0 radical (unpaired) electrons. The first kappa shape index (κ1) is 12.6. The van der Waals surface area contributed by atoms with Crippen LogP contribution in [0.4, 0.5) is 0 Å². The smallest absolute Gasteiger partial charge is 0.150 e. The maximum atomic E-state index is 10.7. The monoisotopic (exact) mass is 238 g/mol. The van der Waals surface area contributed by atoms with Crippen molar-refractivity contribution in [2.24, 2.45) is 0 Å². The standard InChI is InChI=1S/C17H18O/c1-12(2)15-5-7-16(8-6-15)17-9-4-14(11-18)10-13(17)3/h4-12H,1-3H3. The summed E-state index contributed by atoms with van der Waals surface area (Å²) >= 11 is 0. The first-order valence-corrected chi connectivity index (χ1v) is 6.28. The van der Waals surface area contributed by atoms with Gasteiger partial charge in [-0.15, -0.1) is 0 Å². The lowest BCUT2D eigenvalue weighted by atomic mass is 9.95. The van der Waals surface area contributed by atoms with Gasteiger partial charge in [-0.1, -0.05) is 50.2 Å². The molecule has 0 aromatic heterocycles. The topological polar surface area (TPSA) is 17.1 Å². The van der Waals surface area contributed by atoms with E-state index in [2.05, 4.69) is 38.1 Å². The van der Waals surface area contributed by atoms with E-state index in [0.717, 1.165) is 17.4 Å². The lowest BCUT2D eigenvalue weighted by Gasteiger charge is -2.09. The maximum Gasteiger partial charge on any atom is 0.150 e. The highest BCUT2D eigenvalue weighted by Gasteiger charge is 2.04. The molecular weight excluding hydrogens is 220 g/mol. The fraction of sp³-hybridized carbons (Fsp3) is 0.235. The van der Waals surface area contributed by atoms with Gasteiger partial charge >= 0.3 is 0 Å². The van der Waals surface area contributed by atoms with Crippen molar-refractivity contribution in [3.8, 4) is 11.1 Å². The minimum Gasteiger partial charge on any atom is -0.298 e. The molecule has 0 saturated heterocycles. The Bertz CT molecular complexity index is 550. The molecule has 0 aliphatic heterocycles. The summed E-state index contributed by atoms with van der Waals surface area (Å²) in [7, 11) is 0. The zero-order valence-corrected chi connectivity index (χ0v) is 11.1. The van der Waals surface area contributed by atoms with Gasteiger partial charge in [-0.25, -0.2) is 0 Å². The van der Waals surface area contributed by atoms with E-state index in [0.29, 0.717) is 5.92 Å². The van der Waals surface area contributed by atoms with Crippen molar-refractivity contribution in [1.29, 1.82) is 0 Å². The molecule has 0 fully saturated rings. The van der Waals surface area contributed by atoms with Crippen LogP contribution in [0.25, 0.3) is 11.1 Å². The molecule has 92 valence electrons. The molecule has 1 heteroatoms. The number of carbonyl (C=O) groups excluding carboxylic acids is 1. The summed E-state index contributed by atoms with van der Waals surface area (Å²) in [6.07, 6.45) is 0.888. The number of aldehydes is 1. The van der Waals surface area contributed by atoms with Crippen molar-refractivity contribution in [2.75, 3.05) is 0 Å². The number of aryl methyl sites for hydroxylation is 1. The van der Waals surface area contributed by atoms with Crippen molar-refractivity contribution in [3.05, 3.63) is 59.2 Å². The molecule has 18 heavy (non-hydrogen) atoms. The zero-order valence-electron chi connectivity index (χ0n) is 11.1. The Morgan fingerprint density at radius 1 is 1.00 bits per heavy atom. The lowest BCUT2D eigenvalue weighted by Crippen LogP contribution is -1.89. The average Bonchev–Trinajstić information content (AvgIpc) is 2.38. The summed E-state index contributed by atoms with van der Waals surface area (Å²) in [5.74, 6) is 0.553. The molecule has 0 spiro atoms. The van der Waals surface area contributed by atoms with Gasteiger partial charge in [0.2, 0.25) is 0 Å². The molecule has 1 nitrogen and oxygen atoms in total. The van der Waals surface area contributed by atoms with Crippen LogP contribution in [-0.4, -0.2) is 6.29 Å². The second-order valence-corrected chi connectivity index (χ2v) is 4.97. The molecule has 2 aromatic carbocycles. The molecule has 2 rings (SSSR count). The Kier molecular flexibility index (Phi) is 3.61. The van der Waals surface area contributed by atoms with Crippen molar-refractivity contribution in [2.45, 2.75) is 26.7 Å². The highest BCUT2D eigenvalue weighted by molar-refractivity contribution is 5.78. The summed E-state index contributed by atoms with van der Waals surface area (Å²) in [4.78, 5) is 10.7. The molecule has 0 aliphatic carbocycles. The zero-order chi connectivity index (χ0) is 13.1. The number of rotatable bonds is 3. The van der Waals surface area contributed by atoms with E-state index in [1.807, 2.05) is 25.1 Å². The van der Waals surface area contributed by atoms with E-state index in [4.69, 9.17) is 0 Å². The van der Waals surface area contributed by atoms with Crippen LogP contribution >= 0.6 is 0 Å². The van der Waals surface area contributed by atoms with Crippen LogP contribution in [0, 0.1) is 6.92 Å². The van der Waals surface area contributed by atoms with Crippen LogP contribution in [0.15, 0.2) is 42.5 Å². The molecule has 0 saturated carbocycles. The highest BCUT2D eigenvalue weighted by atomic mass is 16.1. The normalized spacial score (nSPS) is 10.7. The van der Waals surface area contributed by atoms with Gasteiger partial charge in [0.25, 0.3) is 0 Å². The van der Waals surface area contributed by atoms with Crippen LogP contribution < -0.4 is 0 Å². The minimum atomic E-state index is 0.553. The van der Waals surface area contributed by atoms with E-state index in [-0.39, 0.29) is 0 Å². The fourth-order valence-corrected chi connectivity index (χ4v) is 2.13. The summed E-state index contributed by atoms with van der Waals surface area (Å²) in [5, 5.41) is 0. The summed E-state index contributed by atoms with van der Waals surface area (Å²) < 4.78 is 0. The molecular formula is C17H18O. The number of hydrogen-bond acceptors (Lipinski definition) is 1. The molecule has 0 aliphatic rings. The van der Waals surface area contributed by atoms with Crippen LogP contribution in [0.2, 0.25) is 0 Å². The van der Waals surface area contributed by atoms with E-state index in [9.17, 15) is 4.79 Å². The van der Waals surface area contributed by atoms with Crippen LogP contribution in [0.5, 0.6) is 0 Å². The van der Waals surface area contributed by atoms with Gasteiger partial charge in [-0.3, -0.25) is 4.79 Å². The largest absolute Gasteiger partial charge is 0.298 e. The quantitative estimate of drug-likeness (QED) is 0.714. The first-order chi connectivity index (χ1) is 8.61. The molecule has 0 bridgehead atoms. The molecule has 0 atom stereocenters. The van der Waals surface area contributed by atoms with E-state index < -0.39 is 0 Å². The Balaban J connectivity index is 2.39. The summed E-state index contributed by atoms with van der Waals surface area (Å²) in [5.41, 5.74) is 5.61. The lowest BCUT2D eigenvalue weighted by molar-refractivity contribution is 0.112. The molecule has 0 N–H and O–H groups in total. The van der Waals surface area contributed by atoms with Crippen LogP contribution in [-0.2, 0) is 0 Å². The van der Waals surface area contributed by atoms with E-state index >= 15 is 0 Å². The Labute approximate surface area is 108 Å². The third-order valence-electron chi connectivity index (χ3n) is 3.27. The number of carbonyl (C=O) groups is 1. The predicted molar refractivity (Wildman–Crippen MR) is 76.1 cm³/mol. The van der Waals surface area contributed by atoms with Crippen LogP contribution in [0.1, 0.15) is 41.3 Å². The number of hydrogen-bond donors (Lipinski definition) is 0. The highest BCUT2D eigenvalue weighted by Crippen LogP contribution is 2.25. The van der Waals surface area contributed by atoms with Gasteiger partial charge in [0.1, 0.15) is 6.29 Å². The maximum absolute atomic E-state index is 10.7. The Hall–Kier alpha value is -1.89. The average molecular weight is 238 g/mol. The minimum absolute atomic E-state index is 0.553. The molecule has 2 aromatic rings. The first-order valence-electron chi connectivity index (χ1n) is 6.28. The van der Waals surface area contributed by atoms with Gasteiger partial charge in [0.15, 0.2) is 0 Å². The Morgan fingerprint density at radius 3 is 2.17 bits per heavy atom. The van der Waals surface area contributed by atoms with Crippen molar-refractivity contribution in [1.82, 2.24) is 0 Å². The van der Waals surface area contributed by atoms with Crippen molar-refractivity contribution in [3.63, 3.8) is 0 Å². The van der Waals surface area contributed by atoms with Crippen molar-refractivity contribution < 1.29 is 4.79 Å². The second-order valence-electron chi connectivity index (χ2n) is 4.97. The Morgan fingerprint density at radius 2 is 1.67 bits per heavy atom. The number of benzene rings is 2. The molecule has 0 heterocycles. The van der Waals surface area contributed by atoms with Crippen LogP contribution in [0.3, 0.4) is 0 Å². The van der Waals surface area contributed by atoms with Crippen molar-refractivity contribution >= 4 is 6.29 Å². The predicted octanol–water partition coefficient (Wildman–Crippen LogP) is 4.60. The summed E-state index contributed by atoms with van der Waals surface area (Å²) in [6, 6.07) is 14.5. The van der Waals surface area contributed by atoms with E-state index in [1.165, 1.54) is 16.7 Å². The second kappa shape index (κ2) is 5.18. The molecule has 0 amide bonds. The third kappa shape index (κ3) is 2.51. The van der Waals surface area contributed by atoms with Gasteiger partial charge in [-0.2, -0.15) is 0 Å².